The van der Waals surface area contributed by atoms with E-state index in [0.29, 0.717) is 5.56 Å². The van der Waals surface area contributed by atoms with Crippen molar-refractivity contribution >= 4 is 5.70 Å². The van der Waals surface area contributed by atoms with Crippen molar-refractivity contribution in [1.82, 2.24) is 0 Å². The highest BCUT2D eigenvalue weighted by atomic mass is 19.4. The van der Waals surface area contributed by atoms with E-state index in [1.54, 1.807) is 42.5 Å². The average Bonchev–Trinajstić information content (AvgIpc) is 2.95. The van der Waals surface area contributed by atoms with Crippen molar-refractivity contribution in [3.8, 4) is 0 Å². The Morgan fingerprint density at radius 2 is 1.55 bits per heavy atom. The highest BCUT2D eigenvalue weighted by molar-refractivity contribution is 5.68. The fourth-order valence-corrected chi connectivity index (χ4v) is 2.39. The van der Waals surface area contributed by atoms with Gasteiger partial charge in [-0.15, -0.1) is 0 Å². The number of rotatable bonds is 2. The van der Waals surface area contributed by atoms with Crippen molar-refractivity contribution < 1.29 is 13.2 Å². The molecule has 5 heteroatoms. The minimum absolute atomic E-state index is 0.0697. The lowest BCUT2D eigenvalue weighted by molar-refractivity contribution is -0.174. The van der Waals surface area contributed by atoms with Crippen LogP contribution < -0.4 is 0 Å². The van der Waals surface area contributed by atoms with Gasteiger partial charge in [-0.25, -0.2) is 0 Å². The van der Waals surface area contributed by atoms with Crippen molar-refractivity contribution in [3.63, 3.8) is 0 Å². The van der Waals surface area contributed by atoms with Gasteiger partial charge >= 0.3 is 6.18 Å². The van der Waals surface area contributed by atoms with Crippen LogP contribution in [0.4, 0.5) is 13.2 Å². The van der Waals surface area contributed by atoms with Crippen LogP contribution in [0.5, 0.6) is 0 Å². The number of azo groups is 1. The summed E-state index contributed by atoms with van der Waals surface area (Å²) >= 11 is 0. The van der Waals surface area contributed by atoms with Gasteiger partial charge in [-0.2, -0.15) is 23.4 Å². The summed E-state index contributed by atoms with van der Waals surface area (Å²) in [6.07, 6.45) is -3.46. The van der Waals surface area contributed by atoms with Crippen LogP contribution in [0.15, 0.2) is 70.9 Å². The zero-order chi connectivity index (χ0) is 15.8. The smallest absolute Gasteiger partial charge is 0.168 e. The van der Waals surface area contributed by atoms with E-state index in [2.05, 4.69) is 10.2 Å². The Hall–Kier alpha value is -2.43. The summed E-state index contributed by atoms with van der Waals surface area (Å²) in [6.45, 7) is 1.82. The molecule has 0 N–H and O–H groups in total. The Morgan fingerprint density at radius 3 is 2.14 bits per heavy atom. The van der Waals surface area contributed by atoms with Crippen LogP contribution >= 0.6 is 0 Å². The molecule has 22 heavy (non-hydrogen) atoms. The molecule has 1 aliphatic heterocycles. The molecule has 0 aromatic heterocycles. The number of aryl methyl sites for hydroxylation is 1. The van der Waals surface area contributed by atoms with Gasteiger partial charge in [0.15, 0.2) is 0 Å². The van der Waals surface area contributed by atoms with Gasteiger partial charge in [0.05, 0.1) is 5.70 Å². The van der Waals surface area contributed by atoms with Gasteiger partial charge in [0.25, 0.3) is 0 Å². The lowest BCUT2D eigenvalue weighted by Gasteiger charge is -2.26. The minimum Gasteiger partial charge on any atom is -0.168 e. The van der Waals surface area contributed by atoms with Gasteiger partial charge in [-0.3, -0.25) is 0 Å². The maximum Gasteiger partial charge on any atom is 0.423 e. The molecule has 0 fully saturated rings. The second-order valence-electron chi connectivity index (χ2n) is 5.23. The van der Waals surface area contributed by atoms with Gasteiger partial charge in [0.1, 0.15) is 0 Å². The van der Waals surface area contributed by atoms with Crippen molar-refractivity contribution in [2.45, 2.75) is 18.6 Å². The third-order valence-corrected chi connectivity index (χ3v) is 3.65. The van der Waals surface area contributed by atoms with E-state index in [0.717, 1.165) is 11.6 Å². The summed E-state index contributed by atoms with van der Waals surface area (Å²) in [5.41, 5.74) is -0.599. The van der Waals surface area contributed by atoms with Crippen LogP contribution in [0.2, 0.25) is 0 Å². The fourth-order valence-electron chi connectivity index (χ4n) is 2.39. The third-order valence-electron chi connectivity index (χ3n) is 3.65. The first kappa shape index (κ1) is 14.5. The average molecular weight is 302 g/mol. The highest BCUT2D eigenvalue weighted by Gasteiger charge is 2.57. The molecule has 0 saturated carbocycles. The van der Waals surface area contributed by atoms with E-state index in [1.165, 1.54) is 12.1 Å². The van der Waals surface area contributed by atoms with E-state index in [9.17, 15) is 13.2 Å². The molecule has 0 radical (unpaired) electrons. The van der Waals surface area contributed by atoms with Crippen molar-refractivity contribution in [1.29, 1.82) is 0 Å². The Kier molecular flexibility index (Phi) is 3.35. The SMILES string of the molecule is Cc1ccc(C2(C(F)(F)F)C=C(c3ccccc3)N=N2)cc1. The fraction of sp³-hybridized carbons (Fsp3) is 0.176. The predicted octanol–water partition coefficient (Wildman–Crippen LogP) is 5.26. The van der Waals surface area contributed by atoms with E-state index in [-0.39, 0.29) is 11.3 Å². The van der Waals surface area contributed by atoms with Crippen LogP contribution in [0.25, 0.3) is 5.70 Å². The largest absolute Gasteiger partial charge is 0.423 e. The molecular weight excluding hydrogens is 289 g/mol. The quantitative estimate of drug-likeness (QED) is 0.723. The molecule has 112 valence electrons. The van der Waals surface area contributed by atoms with Crippen molar-refractivity contribution in [2.24, 2.45) is 10.2 Å². The zero-order valence-corrected chi connectivity index (χ0v) is 11.8. The summed E-state index contributed by atoms with van der Waals surface area (Å²) in [4.78, 5) is 0. The lowest BCUT2D eigenvalue weighted by atomic mass is 9.88. The Labute approximate surface area is 126 Å². The number of hydrogen-bond donors (Lipinski definition) is 0. The number of halogens is 3. The Balaban J connectivity index is 2.13. The first-order valence-corrected chi connectivity index (χ1v) is 6.77. The number of nitrogens with zero attached hydrogens (tertiary/aromatic N) is 2. The second-order valence-corrected chi connectivity index (χ2v) is 5.23. The maximum absolute atomic E-state index is 13.7. The molecular formula is C17H13F3N2. The standard InChI is InChI=1S/C17H13F3N2/c1-12-7-9-14(10-8-12)16(17(18,19)20)11-15(21-22-16)13-5-3-2-4-6-13/h2-11H,1H3. The van der Waals surface area contributed by atoms with Crippen LogP contribution in [0.1, 0.15) is 16.7 Å². The summed E-state index contributed by atoms with van der Waals surface area (Å²) in [6, 6.07) is 14.9. The van der Waals surface area contributed by atoms with E-state index >= 15 is 0 Å². The van der Waals surface area contributed by atoms with Crippen LogP contribution in [0.3, 0.4) is 0 Å². The molecule has 2 nitrogen and oxygen atoms in total. The van der Waals surface area contributed by atoms with E-state index < -0.39 is 11.7 Å². The highest BCUT2D eigenvalue weighted by Crippen LogP contribution is 2.48. The zero-order valence-electron chi connectivity index (χ0n) is 11.8. The first-order chi connectivity index (χ1) is 10.4. The molecule has 1 atom stereocenters. The number of hydrogen-bond acceptors (Lipinski definition) is 2. The Morgan fingerprint density at radius 1 is 0.909 bits per heavy atom. The van der Waals surface area contributed by atoms with Crippen LogP contribution in [-0.4, -0.2) is 6.18 Å². The van der Waals surface area contributed by atoms with Gasteiger partial charge in [0.2, 0.25) is 5.54 Å². The molecule has 0 saturated heterocycles. The van der Waals surface area contributed by atoms with Gasteiger partial charge in [-0.1, -0.05) is 60.2 Å². The minimum atomic E-state index is -4.55. The summed E-state index contributed by atoms with van der Waals surface area (Å²) in [5, 5.41) is 7.39. The Bertz CT molecular complexity index is 731. The maximum atomic E-state index is 13.7. The summed E-state index contributed by atoms with van der Waals surface area (Å²) in [7, 11) is 0. The van der Waals surface area contributed by atoms with Gasteiger partial charge in [0, 0.05) is 5.56 Å². The van der Waals surface area contributed by atoms with Crippen molar-refractivity contribution in [3.05, 3.63) is 77.4 Å². The molecule has 2 aromatic rings. The van der Waals surface area contributed by atoms with Gasteiger partial charge < -0.3 is 0 Å². The predicted molar refractivity (Wildman–Crippen MR) is 78.2 cm³/mol. The van der Waals surface area contributed by atoms with Crippen LogP contribution in [-0.2, 0) is 5.54 Å². The first-order valence-electron chi connectivity index (χ1n) is 6.77. The summed E-state index contributed by atoms with van der Waals surface area (Å²) in [5.74, 6) is 0. The summed E-state index contributed by atoms with van der Waals surface area (Å²) < 4.78 is 41.1. The lowest BCUT2D eigenvalue weighted by Crippen LogP contribution is -2.37. The molecule has 0 spiro atoms. The topological polar surface area (TPSA) is 24.7 Å². The molecule has 3 rings (SSSR count). The number of alkyl halides is 3. The molecule has 1 heterocycles. The number of benzene rings is 2. The van der Waals surface area contributed by atoms with E-state index in [1.807, 2.05) is 6.92 Å². The monoisotopic (exact) mass is 302 g/mol. The molecule has 0 bridgehead atoms. The molecule has 0 aliphatic carbocycles. The molecule has 1 unspecified atom stereocenters. The van der Waals surface area contributed by atoms with E-state index in [4.69, 9.17) is 0 Å². The third kappa shape index (κ3) is 2.32. The molecule has 2 aromatic carbocycles. The molecule has 0 amide bonds. The normalized spacial score (nSPS) is 21.0. The van der Waals surface area contributed by atoms with Crippen LogP contribution in [0, 0.1) is 6.92 Å². The van der Waals surface area contributed by atoms with Crippen molar-refractivity contribution in [2.75, 3.05) is 0 Å². The molecule has 1 aliphatic rings. The second kappa shape index (κ2) is 5.09. The van der Waals surface area contributed by atoms with Gasteiger partial charge in [-0.05, 0) is 18.6 Å².